The van der Waals surface area contributed by atoms with Crippen LogP contribution in [-0.4, -0.2) is 51.6 Å². The van der Waals surface area contributed by atoms with Crippen LogP contribution in [0.1, 0.15) is 25.8 Å². The Kier molecular flexibility index (Phi) is 4.54. The van der Waals surface area contributed by atoms with Gasteiger partial charge in [-0.3, -0.25) is 4.79 Å². The lowest BCUT2D eigenvalue weighted by Gasteiger charge is -2.11. The van der Waals surface area contributed by atoms with E-state index in [1.165, 1.54) is 11.8 Å². The summed E-state index contributed by atoms with van der Waals surface area (Å²) in [6, 6.07) is 0.422. The quantitative estimate of drug-likeness (QED) is 0.565. The third kappa shape index (κ3) is 3.42. The molecule has 2 rings (SSSR count). The predicted molar refractivity (Wildman–Crippen MR) is 66.3 cm³/mol. The average Bonchev–Trinajstić information content (AvgIpc) is 3.10. The monoisotopic (exact) mass is 271 g/mol. The highest BCUT2D eigenvalue weighted by Gasteiger charge is 2.29. The first-order valence-corrected chi connectivity index (χ1v) is 6.81. The van der Waals surface area contributed by atoms with Gasteiger partial charge in [-0.05, 0) is 30.2 Å². The first-order valence-electron chi connectivity index (χ1n) is 5.93. The molecular weight excluding hydrogens is 254 g/mol. The maximum Gasteiger partial charge on any atom is 0.233 e. The molecule has 0 saturated heterocycles. The van der Waals surface area contributed by atoms with Crippen LogP contribution in [0.15, 0.2) is 5.16 Å². The molecule has 1 aromatic rings. The van der Waals surface area contributed by atoms with Crippen molar-refractivity contribution in [3.05, 3.63) is 0 Å². The molecule has 1 aliphatic rings. The minimum atomic E-state index is -0.217. The van der Waals surface area contributed by atoms with Gasteiger partial charge in [0.15, 0.2) is 0 Å². The molecule has 0 spiro atoms. The van der Waals surface area contributed by atoms with Crippen LogP contribution in [0.25, 0.3) is 0 Å². The number of ether oxygens (including phenoxy) is 1. The molecule has 0 unspecified atom stereocenters. The van der Waals surface area contributed by atoms with E-state index >= 15 is 0 Å². The summed E-state index contributed by atoms with van der Waals surface area (Å²) in [7, 11) is 1.61. The molecular formula is C10H17N5O2S. The van der Waals surface area contributed by atoms with Crippen LogP contribution in [0, 0.1) is 0 Å². The standard InChI is InChI=1S/C10H17N5O2S/c1-7(9(16)11-5-6-17-2)18-10-12-13-14-15(10)8-3-4-8/h7-8H,3-6H2,1-2H3,(H,11,16)/t7-/m0/s1. The normalized spacial score (nSPS) is 16.6. The van der Waals surface area contributed by atoms with E-state index in [2.05, 4.69) is 20.8 Å². The molecule has 7 nitrogen and oxygen atoms in total. The zero-order valence-corrected chi connectivity index (χ0v) is 11.3. The van der Waals surface area contributed by atoms with Gasteiger partial charge in [0.1, 0.15) is 0 Å². The van der Waals surface area contributed by atoms with Gasteiger partial charge in [-0.15, -0.1) is 5.10 Å². The van der Waals surface area contributed by atoms with Crippen molar-refractivity contribution in [1.82, 2.24) is 25.5 Å². The fraction of sp³-hybridized carbons (Fsp3) is 0.800. The number of hydrogen-bond acceptors (Lipinski definition) is 6. The lowest BCUT2D eigenvalue weighted by Crippen LogP contribution is -2.33. The number of hydrogen-bond donors (Lipinski definition) is 1. The van der Waals surface area contributed by atoms with Crippen LogP contribution >= 0.6 is 11.8 Å². The minimum Gasteiger partial charge on any atom is -0.383 e. The second kappa shape index (κ2) is 6.14. The molecule has 1 N–H and O–H groups in total. The number of rotatable bonds is 7. The fourth-order valence-corrected chi connectivity index (χ4v) is 2.33. The van der Waals surface area contributed by atoms with Crippen LogP contribution in [-0.2, 0) is 9.53 Å². The van der Waals surface area contributed by atoms with Crippen molar-refractivity contribution in [2.75, 3.05) is 20.3 Å². The van der Waals surface area contributed by atoms with Crippen molar-refractivity contribution in [3.8, 4) is 0 Å². The molecule has 1 atom stereocenters. The molecule has 18 heavy (non-hydrogen) atoms. The van der Waals surface area contributed by atoms with Gasteiger partial charge in [-0.25, -0.2) is 4.68 Å². The van der Waals surface area contributed by atoms with Gasteiger partial charge in [-0.2, -0.15) is 0 Å². The van der Waals surface area contributed by atoms with Crippen molar-refractivity contribution < 1.29 is 9.53 Å². The molecule has 1 aliphatic carbocycles. The number of methoxy groups -OCH3 is 1. The van der Waals surface area contributed by atoms with Crippen LogP contribution < -0.4 is 5.32 Å². The van der Waals surface area contributed by atoms with E-state index in [0.29, 0.717) is 24.3 Å². The fourth-order valence-electron chi connectivity index (χ4n) is 1.44. The third-order valence-corrected chi connectivity index (χ3v) is 3.66. The van der Waals surface area contributed by atoms with Crippen molar-refractivity contribution >= 4 is 17.7 Å². The lowest BCUT2D eigenvalue weighted by molar-refractivity contribution is -0.120. The highest BCUT2D eigenvalue weighted by Crippen LogP contribution is 2.37. The Bertz CT molecular complexity index is 407. The SMILES string of the molecule is COCCNC(=O)[C@H](C)Sc1nnnn1C1CC1. The van der Waals surface area contributed by atoms with Crippen molar-refractivity contribution in [3.63, 3.8) is 0 Å². The Morgan fingerprint density at radius 3 is 3.11 bits per heavy atom. The molecule has 1 saturated carbocycles. The molecule has 0 radical (unpaired) electrons. The van der Waals surface area contributed by atoms with Gasteiger partial charge in [-0.1, -0.05) is 11.8 Å². The largest absolute Gasteiger partial charge is 0.383 e. The number of thioether (sulfide) groups is 1. The lowest BCUT2D eigenvalue weighted by atomic mass is 10.4. The minimum absolute atomic E-state index is 0.0256. The van der Waals surface area contributed by atoms with Gasteiger partial charge < -0.3 is 10.1 Å². The number of aromatic nitrogens is 4. The Morgan fingerprint density at radius 1 is 1.67 bits per heavy atom. The number of carbonyl (C=O) groups excluding carboxylic acids is 1. The summed E-state index contributed by atoms with van der Waals surface area (Å²) < 4.78 is 6.69. The van der Waals surface area contributed by atoms with Crippen molar-refractivity contribution in [1.29, 1.82) is 0 Å². The molecule has 1 heterocycles. The summed E-state index contributed by atoms with van der Waals surface area (Å²) in [5.41, 5.74) is 0. The average molecular weight is 271 g/mol. The molecule has 1 aromatic heterocycles. The smallest absolute Gasteiger partial charge is 0.233 e. The maximum atomic E-state index is 11.8. The van der Waals surface area contributed by atoms with Crippen LogP contribution in [0.4, 0.5) is 0 Å². The number of nitrogens with zero attached hydrogens (tertiary/aromatic N) is 4. The zero-order chi connectivity index (χ0) is 13.0. The van der Waals surface area contributed by atoms with E-state index in [1.807, 2.05) is 11.6 Å². The van der Waals surface area contributed by atoms with E-state index in [-0.39, 0.29) is 11.2 Å². The topological polar surface area (TPSA) is 81.9 Å². The van der Waals surface area contributed by atoms with Crippen molar-refractivity contribution in [2.45, 2.75) is 36.2 Å². The van der Waals surface area contributed by atoms with E-state index in [9.17, 15) is 4.79 Å². The predicted octanol–water partition coefficient (Wildman–Crippen LogP) is 0.251. The second-order valence-corrected chi connectivity index (χ2v) is 5.49. The number of amides is 1. The Morgan fingerprint density at radius 2 is 2.44 bits per heavy atom. The summed E-state index contributed by atoms with van der Waals surface area (Å²) in [5.74, 6) is -0.0256. The summed E-state index contributed by atoms with van der Waals surface area (Å²) in [4.78, 5) is 11.8. The molecule has 0 aromatic carbocycles. The van der Waals surface area contributed by atoms with Crippen LogP contribution in [0.2, 0.25) is 0 Å². The zero-order valence-electron chi connectivity index (χ0n) is 10.5. The first-order chi connectivity index (χ1) is 8.72. The summed E-state index contributed by atoms with van der Waals surface area (Å²) in [6.07, 6.45) is 2.24. The van der Waals surface area contributed by atoms with E-state index in [4.69, 9.17) is 4.74 Å². The molecule has 1 amide bonds. The number of tetrazole rings is 1. The summed E-state index contributed by atoms with van der Waals surface area (Å²) >= 11 is 1.39. The van der Waals surface area contributed by atoms with E-state index in [1.54, 1.807) is 7.11 Å². The highest BCUT2D eigenvalue weighted by molar-refractivity contribution is 8.00. The third-order valence-electron chi connectivity index (χ3n) is 2.61. The molecule has 1 fully saturated rings. The van der Waals surface area contributed by atoms with E-state index in [0.717, 1.165) is 12.8 Å². The van der Waals surface area contributed by atoms with Gasteiger partial charge in [0, 0.05) is 13.7 Å². The first kappa shape index (κ1) is 13.3. The highest BCUT2D eigenvalue weighted by atomic mass is 32.2. The Labute approximate surface area is 110 Å². The molecule has 100 valence electrons. The number of carbonyl (C=O) groups is 1. The summed E-state index contributed by atoms with van der Waals surface area (Å²) in [5, 5.41) is 14.9. The van der Waals surface area contributed by atoms with Gasteiger partial charge in [0.25, 0.3) is 0 Å². The maximum absolute atomic E-state index is 11.8. The molecule has 0 bridgehead atoms. The van der Waals surface area contributed by atoms with Crippen LogP contribution in [0.3, 0.4) is 0 Å². The van der Waals surface area contributed by atoms with Crippen LogP contribution in [0.5, 0.6) is 0 Å². The van der Waals surface area contributed by atoms with Gasteiger partial charge >= 0.3 is 0 Å². The van der Waals surface area contributed by atoms with Gasteiger partial charge in [0.05, 0.1) is 17.9 Å². The van der Waals surface area contributed by atoms with Crippen molar-refractivity contribution in [2.24, 2.45) is 0 Å². The number of nitrogens with one attached hydrogen (secondary N) is 1. The molecule has 8 heteroatoms. The summed E-state index contributed by atoms with van der Waals surface area (Å²) in [6.45, 7) is 2.88. The Balaban J connectivity index is 1.84. The second-order valence-electron chi connectivity index (χ2n) is 4.18. The van der Waals surface area contributed by atoms with E-state index < -0.39 is 0 Å². The van der Waals surface area contributed by atoms with Gasteiger partial charge in [0.2, 0.25) is 11.1 Å². The Hall–Kier alpha value is -1.15. The molecule has 0 aliphatic heterocycles.